The molecule has 39 heavy (non-hydrogen) atoms. The summed E-state index contributed by atoms with van der Waals surface area (Å²) in [5.41, 5.74) is 2.96. The second-order valence-electron chi connectivity index (χ2n) is 12.6. The van der Waals surface area contributed by atoms with E-state index >= 15 is 0 Å². The highest BCUT2D eigenvalue weighted by Crippen LogP contribution is 2.51. The molecule has 212 valence electrons. The maximum Gasteiger partial charge on any atom is 0.227 e. The zero-order chi connectivity index (χ0) is 29.0. The average molecular weight is 536 g/mol. The van der Waals surface area contributed by atoms with Gasteiger partial charge in [0.1, 0.15) is 17.5 Å². The lowest BCUT2D eigenvalue weighted by molar-refractivity contribution is -0.117. The maximum atomic E-state index is 14.7. The van der Waals surface area contributed by atoms with Crippen LogP contribution in [0.4, 0.5) is 15.9 Å². The normalized spacial score (nSPS) is 18.5. The predicted molar refractivity (Wildman–Crippen MR) is 161 cm³/mol. The van der Waals surface area contributed by atoms with Gasteiger partial charge in [0, 0.05) is 23.9 Å². The summed E-state index contributed by atoms with van der Waals surface area (Å²) in [4.78, 5) is 17.3. The van der Waals surface area contributed by atoms with Crippen molar-refractivity contribution in [3.8, 4) is 0 Å². The Morgan fingerprint density at radius 1 is 1.15 bits per heavy atom. The number of allylic oxidation sites excluding steroid dienone is 2. The number of carbonyl (C=O) groups is 1. The van der Waals surface area contributed by atoms with Crippen LogP contribution in [0.2, 0.25) is 0 Å². The van der Waals surface area contributed by atoms with Crippen molar-refractivity contribution >= 4 is 23.2 Å². The number of aliphatic imine (C=N–C) groups is 1. The molecule has 0 radical (unpaired) electrons. The number of aryl methyl sites for hydroxylation is 2. The summed E-state index contributed by atoms with van der Waals surface area (Å²) in [5.74, 6) is 1.78. The van der Waals surface area contributed by atoms with Gasteiger partial charge >= 0.3 is 0 Å². The first-order valence-corrected chi connectivity index (χ1v) is 14.1. The number of carbonyl (C=O) groups excluding carboxylic acids is 1. The van der Waals surface area contributed by atoms with Gasteiger partial charge in [0.25, 0.3) is 0 Å². The summed E-state index contributed by atoms with van der Waals surface area (Å²) >= 11 is 0. The van der Waals surface area contributed by atoms with Gasteiger partial charge in [0.2, 0.25) is 5.91 Å². The Labute approximate surface area is 233 Å². The molecule has 1 aliphatic carbocycles. The molecule has 6 nitrogen and oxygen atoms in total. The van der Waals surface area contributed by atoms with Gasteiger partial charge in [0.15, 0.2) is 0 Å². The van der Waals surface area contributed by atoms with E-state index in [1.807, 2.05) is 30.7 Å². The van der Waals surface area contributed by atoms with Crippen molar-refractivity contribution < 1.29 is 9.18 Å². The minimum Gasteiger partial charge on any atom is -0.326 e. The topological polar surface area (TPSA) is 71.3 Å². The summed E-state index contributed by atoms with van der Waals surface area (Å²) in [6.45, 7) is 18.9. The molecule has 2 aromatic rings. The summed E-state index contributed by atoms with van der Waals surface area (Å²) in [5, 5.41) is 11.3. The average Bonchev–Trinajstić information content (AvgIpc) is 3.56. The second-order valence-corrected chi connectivity index (χ2v) is 12.6. The van der Waals surface area contributed by atoms with E-state index in [1.54, 1.807) is 18.3 Å². The number of hydrogen-bond donors (Lipinski definition) is 2. The Kier molecular flexibility index (Phi) is 9.57. The maximum absolute atomic E-state index is 14.7. The molecule has 2 N–H and O–H groups in total. The van der Waals surface area contributed by atoms with Crippen molar-refractivity contribution in [1.82, 2.24) is 9.78 Å². The van der Waals surface area contributed by atoms with Gasteiger partial charge in [-0.05, 0) is 101 Å². The van der Waals surface area contributed by atoms with E-state index in [9.17, 15) is 9.18 Å². The lowest BCUT2D eigenvalue weighted by Crippen LogP contribution is -2.27. The molecule has 0 bridgehead atoms. The summed E-state index contributed by atoms with van der Waals surface area (Å²) in [7, 11) is 0. The number of hydrogen-bond acceptors (Lipinski definition) is 3. The first-order valence-electron chi connectivity index (χ1n) is 14.1. The third-order valence-corrected chi connectivity index (χ3v) is 7.08. The quantitative estimate of drug-likeness (QED) is 0.253. The number of nitrogens with one attached hydrogen (secondary N) is 2. The number of nitrogens with zero attached hydrogens (tertiary/aromatic N) is 3. The third kappa shape index (κ3) is 8.13. The monoisotopic (exact) mass is 535 g/mol. The summed E-state index contributed by atoms with van der Waals surface area (Å²) < 4.78 is 16.7. The van der Waals surface area contributed by atoms with Crippen molar-refractivity contribution in [1.29, 1.82) is 0 Å². The fourth-order valence-corrected chi connectivity index (χ4v) is 4.84. The molecule has 1 aliphatic rings. The number of aromatic nitrogens is 2. The largest absolute Gasteiger partial charge is 0.326 e. The molecule has 2 atom stereocenters. The zero-order valence-corrected chi connectivity index (χ0v) is 25.2. The van der Waals surface area contributed by atoms with E-state index in [1.165, 1.54) is 6.07 Å². The Balaban J connectivity index is 1.77. The molecule has 0 saturated heterocycles. The molecule has 3 rings (SSSR count). The number of amidine groups is 1. The molecule has 1 fully saturated rings. The van der Waals surface area contributed by atoms with Crippen LogP contribution in [0.25, 0.3) is 0 Å². The van der Waals surface area contributed by atoms with Gasteiger partial charge in [-0.3, -0.25) is 4.79 Å². The highest BCUT2D eigenvalue weighted by atomic mass is 19.1. The van der Waals surface area contributed by atoms with Crippen LogP contribution in [0, 0.1) is 23.1 Å². The number of anilines is 2. The highest BCUT2D eigenvalue weighted by Gasteiger charge is 2.49. The van der Waals surface area contributed by atoms with Crippen molar-refractivity contribution in [3.63, 3.8) is 0 Å². The molecule has 0 aliphatic heterocycles. The third-order valence-electron chi connectivity index (χ3n) is 7.08. The van der Waals surface area contributed by atoms with E-state index in [2.05, 4.69) is 70.2 Å². The molecule has 1 aromatic heterocycles. The van der Waals surface area contributed by atoms with E-state index in [-0.39, 0.29) is 28.6 Å². The molecule has 7 heteroatoms. The number of benzene rings is 1. The van der Waals surface area contributed by atoms with Crippen LogP contribution in [0.1, 0.15) is 86.4 Å². The smallest absolute Gasteiger partial charge is 0.227 e. The van der Waals surface area contributed by atoms with Crippen molar-refractivity contribution in [2.24, 2.45) is 22.2 Å². The van der Waals surface area contributed by atoms with Crippen LogP contribution in [-0.4, -0.2) is 21.5 Å². The Hall–Kier alpha value is -3.22. The minimum absolute atomic E-state index is 0.0231. The predicted octanol–water partition coefficient (Wildman–Crippen LogP) is 7.88. The lowest BCUT2D eigenvalue weighted by Gasteiger charge is -2.23. The van der Waals surface area contributed by atoms with Crippen LogP contribution in [-0.2, 0) is 23.2 Å². The fourth-order valence-electron chi connectivity index (χ4n) is 4.84. The first kappa shape index (κ1) is 30.3. The number of halogens is 1. The van der Waals surface area contributed by atoms with E-state index in [0.717, 1.165) is 35.8 Å². The van der Waals surface area contributed by atoms with Crippen LogP contribution in [0.15, 0.2) is 53.2 Å². The Morgan fingerprint density at radius 2 is 1.87 bits per heavy atom. The minimum atomic E-state index is -0.276. The van der Waals surface area contributed by atoms with Crippen LogP contribution < -0.4 is 10.6 Å². The molecule has 1 aromatic carbocycles. The molecule has 1 heterocycles. The van der Waals surface area contributed by atoms with Gasteiger partial charge in [-0.15, -0.1) is 0 Å². The standard InChI is InChI=1S/C32H46FN5O/c1-10-12-21(3)29(34-17-11-2)36-28-19-24(37-38(28)32(7,8)9)14-13-22-18-23(15-16-27(22)33)35-30(39)25-20-26(25)31(4,5)6/h11-12,15-19,25-26H,10,13-14,20H2,1-9H3,(H,34,36)(H,35,39)/b17-11-,21-12+. The molecule has 2 unspecified atom stereocenters. The molecule has 1 amide bonds. The number of amides is 1. The van der Waals surface area contributed by atoms with Crippen molar-refractivity contribution in [2.75, 3.05) is 10.6 Å². The van der Waals surface area contributed by atoms with Gasteiger partial charge in [-0.2, -0.15) is 5.10 Å². The Bertz CT molecular complexity index is 1260. The van der Waals surface area contributed by atoms with Gasteiger partial charge in [0.05, 0.1) is 11.2 Å². The van der Waals surface area contributed by atoms with E-state index < -0.39 is 0 Å². The summed E-state index contributed by atoms with van der Waals surface area (Å²) in [6.07, 6.45) is 8.65. The Morgan fingerprint density at radius 3 is 2.46 bits per heavy atom. The second kappa shape index (κ2) is 12.3. The molecule has 1 saturated carbocycles. The van der Waals surface area contributed by atoms with E-state index in [0.29, 0.717) is 30.0 Å². The van der Waals surface area contributed by atoms with Crippen LogP contribution in [0.5, 0.6) is 0 Å². The van der Waals surface area contributed by atoms with E-state index in [4.69, 9.17) is 5.10 Å². The SMILES string of the molecule is C\C=C/N=C(Nc1cc(CCc2cc(NC(=O)C3CC3C(C)(C)C)ccc2F)nn1C(C)(C)C)/C(C)=C/CC. The molecular formula is C32H46FN5O. The van der Waals surface area contributed by atoms with Crippen molar-refractivity contribution in [3.05, 3.63) is 65.3 Å². The van der Waals surface area contributed by atoms with Gasteiger partial charge < -0.3 is 10.6 Å². The fraction of sp³-hybridized carbons (Fsp3) is 0.531. The van der Waals surface area contributed by atoms with Crippen LogP contribution in [0.3, 0.4) is 0 Å². The zero-order valence-electron chi connectivity index (χ0n) is 25.2. The highest BCUT2D eigenvalue weighted by molar-refractivity contribution is 6.07. The van der Waals surface area contributed by atoms with Gasteiger partial charge in [-0.25, -0.2) is 14.1 Å². The first-order chi connectivity index (χ1) is 18.2. The lowest BCUT2D eigenvalue weighted by atomic mass is 9.89. The van der Waals surface area contributed by atoms with Crippen molar-refractivity contribution in [2.45, 2.75) is 93.5 Å². The molecular weight excluding hydrogens is 489 g/mol. The van der Waals surface area contributed by atoms with Gasteiger partial charge in [-0.1, -0.05) is 39.8 Å². The molecule has 0 spiro atoms. The van der Waals surface area contributed by atoms with Crippen LogP contribution >= 0.6 is 0 Å². The number of rotatable bonds is 9. The summed E-state index contributed by atoms with van der Waals surface area (Å²) in [6, 6.07) is 6.84.